The minimum Gasteiger partial charge on any atom is -0.273 e. The number of nitrogens with zero attached hydrogens (tertiary/aromatic N) is 2. The predicted molar refractivity (Wildman–Crippen MR) is 68.2 cm³/mol. The number of fused-ring (bicyclic) bond motifs is 1. The molecule has 4 nitrogen and oxygen atoms in total. The Hall–Kier alpha value is -1.84. The number of aromatic nitrogens is 2. The molecule has 1 aromatic carbocycles. The van der Waals surface area contributed by atoms with E-state index in [0.29, 0.717) is 0 Å². The summed E-state index contributed by atoms with van der Waals surface area (Å²) in [5.41, 5.74) is 4.69. The van der Waals surface area contributed by atoms with Gasteiger partial charge in [0.25, 0.3) is 0 Å². The van der Waals surface area contributed by atoms with Crippen molar-refractivity contribution in [3.8, 4) is 0 Å². The maximum atomic E-state index is 12.0. The monoisotopic (exact) mass is 231 g/mol. The molecular weight excluding hydrogens is 214 g/mol. The van der Waals surface area contributed by atoms with E-state index in [-0.39, 0.29) is 11.8 Å². The number of carbonyl (C=O) groups excluding carboxylic acids is 1. The van der Waals surface area contributed by atoms with Gasteiger partial charge in [-0.2, -0.15) is 0 Å². The summed E-state index contributed by atoms with van der Waals surface area (Å²) in [5, 5.41) is 0. The minimum absolute atomic E-state index is 0.0538. The molecule has 0 spiro atoms. The fourth-order valence-corrected chi connectivity index (χ4v) is 1.92. The van der Waals surface area contributed by atoms with Gasteiger partial charge >= 0.3 is 0 Å². The van der Waals surface area contributed by atoms with E-state index < -0.39 is 0 Å². The van der Waals surface area contributed by atoms with Gasteiger partial charge in [0, 0.05) is 5.92 Å². The highest BCUT2D eigenvalue weighted by Gasteiger charge is 2.14. The van der Waals surface area contributed by atoms with Crippen LogP contribution in [0.1, 0.15) is 26.7 Å². The number of hydrogen-bond donors (Lipinski definition) is 1. The van der Waals surface area contributed by atoms with Gasteiger partial charge in [-0.05, 0) is 25.0 Å². The van der Waals surface area contributed by atoms with Crippen molar-refractivity contribution in [2.75, 3.05) is 5.43 Å². The lowest BCUT2D eigenvalue weighted by Crippen LogP contribution is -2.28. The molecule has 1 N–H and O–H groups in total. The third kappa shape index (κ3) is 2.30. The van der Waals surface area contributed by atoms with Crippen LogP contribution in [-0.4, -0.2) is 15.6 Å². The summed E-state index contributed by atoms with van der Waals surface area (Å²) < 4.78 is 1.69. The Balaban J connectivity index is 2.21. The number of para-hydroxylation sites is 2. The third-order valence-corrected chi connectivity index (χ3v) is 3.04. The summed E-state index contributed by atoms with van der Waals surface area (Å²) in [5.74, 6) is 0.120. The van der Waals surface area contributed by atoms with Gasteiger partial charge in [0.2, 0.25) is 5.91 Å². The number of hydrogen-bond acceptors (Lipinski definition) is 2. The Labute approximate surface area is 101 Å². The summed E-state index contributed by atoms with van der Waals surface area (Å²) in [6, 6.07) is 7.73. The van der Waals surface area contributed by atoms with Crippen LogP contribution in [0.4, 0.5) is 0 Å². The number of rotatable bonds is 4. The first kappa shape index (κ1) is 11.6. The molecule has 2 aromatic rings. The van der Waals surface area contributed by atoms with Crippen LogP contribution >= 0.6 is 0 Å². The van der Waals surface area contributed by atoms with Gasteiger partial charge in [-0.15, -0.1) is 0 Å². The molecule has 4 heteroatoms. The Morgan fingerprint density at radius 1 is 1.35 bits per heavy atom. The molecule has 0 aliphatic heterocycles. The Bertz CT molecular complexity index is 514. The van der Waals surface area contributed by atoms with E-state index in [0.717, 1.165) is 23.9 Å². The molecule has 90 valence electrons. The molecule has 0 aliphatic rings. The summed E-state index contributed by atoms with van der Waals surface area (Å²) in [6.45, 7) is 4.06. The van der Waals surface area contributed by atoms with E-state index in [1.807, 2.05) is 38.1 Å². The largest absolute Gasteiger partial charge is 0.273 e. The summed E-state index contributed by atoms with van der Waals surface area (Å²) >= 11 is 0. The normalized spacial score (nSPS) is 11.0. The SMILES string of the molecule is CCC(CC)C(=O)Nn1cnc2ccccc21. The van der Waals surface area contributed by atoms with Crippen LogP contribution in [0.3, 0.4) is 0 Å². The number of imidazole rings is 1. The van der Waals surface area contributed by atoms with E-state index in [1.165, 1.54) is 0 Å². The smallest absolute Gasteiger partial charge is 0.241 e. The second kappa shape index (κ2) is 4.99. The summed E-state index contributed by atoms with van der Waals surface area (Å²) in [6.07, 6.45) is 3.36. The quantitative estimate of drug-likeness (QED) is 0.879. The van der Waals surface area contributed by atoms with Crippen molar-refractivity contribution in [2.24, 2.45) is 5.92 Å². The third-order valence-electron chi connectivity index (χ3n) is 3.04. The van der Waals surface area contributed by atoms with Gasteiger partial charge in [0.15, 0.2) is 0 Å². The first-order chi connectivity index (χ1) is 8.26. The Morgan fingerprint density at radius 3 is 2.76 bits per heavy atom. The summed E-state index contributed by atoms with van der Waals surface area (Å²) in [4.78, 5) is 16.2. The van der Waals surface area contributed by atoms with Crippen LogP contribution in [-0.2, 0) is 4.79 Å². The predicted octanol–water partition coefficient (Wildman–Crippen LogP) is 2.54. The van der Waals surface area contributed by atoms with E-state index in [1.54, 1.807) is 11.0 Å². The number of benzene rings is 1. The average Bonchev–Trinajstić information content (AvgIpc) is 2.74. The van der Waals surface area contributed by atoms with Crippen molar-refractivity contribution in [1.82, 2.24) is 9.66 Å². The molecule has 0 saturated heterocycles. The molecule has 0 atom stereocenters. The molecule has 1 heterocycles. The molecule has 1 aromatic heterocycles. The topological polar surface area (TPSA) is 46.9 Å². The van der Waals surface area contributed by atoms with Crippen LogP contribution in [0.2, 0.25) is 0 Å². The van der Waals surface area contributed by atoms with Crippen molar-refractivity contribution in [3.63, 3.8) is 0 Å². The van der Waals surface area contributed by atoms with E-state index in [9.17, 15) is 4.79 Å². The highest BCUT2D eigenvalue weighted by atomic mass is 16.2. The number of nitrogens with one attached hydrogen (secondary N) is 1. The van der Waals surface area contributed by atoms with Crippen molar-refractivity contribution < 1.29 is 4.79 Å². The molecule has 0 radical (unpaired) electrons. The highest BCUT2D eigenvalue weighted by Crippen LogP contribution is 2.12. The fourth-order valence-electron chi connectivity index (χ4n) is 1.92. The molecule has 0 fully saturated rings. The van der Waals surface area contributed by atoms with Gasteiger partial charge in [0.05, 0.1) is 11.0 Å². The lowest BCUT2D eigenvalue weighted by atomic mass is 10.0. The van der Waals surface area contributed by atoms with Gasteiger partial charge in [-0.1, -0.05) is 26.0 Å². The highest BCUT2D eigenvalue weighted by molar-refractivity contribution is 5.88. The molecule has 2 rings (SSSR count). The van der Waals surface area contributed by atoms with Crippen LogP contribution < -0.4 is 5.43 Å². The van der Waals surface area contributed by atoms with Crippen LogP contribution in [0.15, 0.2) is 30.6 Å². The first-order valence-corrected chi connectivity index (χ1v) is 5.99. The second-order valence-electron chi connectivity index (χ2n) is 4.09. The molecule has 0 aliphatic carbocycles. The van der Waals surface area contributed by atoms with Gasteiger partial charge in [-0.25, -0.2) is 9.66 Å². The van der Waals surface area contributed by atoms with Crippen molar-refractivity contribution in [3.05, 3.63) is 30.6 Å². The maximum absolute atomic E-state index is 12.0. The zero-order valence-corrected chi connectivity index (χ0v) is 10.2. The molecule has 17 heavy (non-hydrogen) atoms. The average molecular weight is 231 g/mol. The van der Waals surface area contributed by atoms with E-state index in [4.69, 9.17) is 0 Å². The molecule has 1 amide bonds. The zero-order chi connectivity index (χ0) is 12.3. The standard InChI is InChI=1S/C13H17N3O/c1-3-10(4-2)13(17)15-16-9-14-11-7-5-6-8-12(11)16/h5-10H,3-4H2,1-2H3,(H,15,17). The van der Waals surface area contributed by atoms with Crippen molar-refractivity contribution in [2.45, 2.75) is 26.7 Å². The fraction of sp³-hybridized carbons (Fsp3) is 0.385. The lowest BCUT2D eigenvalue weighted by molar-refractivity contribution is -0.120. The van der Waals surface area contributed by atoms with E-state index >= 15 is 0 Å². The zero-order valence-electron chi connectivity index (χ0n) is 10.2. The van der Waals surface area contributed by atoms with Crippen LogP contribution in [0.5, 0.6) is 0 Å². The molecular formula is C13H17N3O. The number of amides is 1. The minimum atomic E-state index is 0.0538. The Morgan fingerprint density at radius 2 is 2.06 bits per heavy atom. The summed E-state index contributed by atoms with van der Waals surface area (Å²) in [7, 11) is 0. The molecule has 0 bridgehead atoms. The first-order valence-electron chi connectivity index (χ1n) is 5.99. The van der Waals surface area contributed by atoms with Crippen molar-refractivity contribution >= 4 is 16.9 Å². The maximum Gasteiger partial charge on any atom is 0.241 e. The molecule has 0 unspecified atom stereocenters. The van der Waals surface area contributed by atoms with Crippen LogP contribution in [0.25, 0.3) is 11.0 Å². The van der Waals surface area contributed by atoms with Crippen LogP contribution in [0, 0.1) is 5.92 Å². The second-order valence-corrected chi connectivity index (χ2v) is 4.09. The van der Waals surface area contributed by atoms with Gasteiger partial charge in [0.1, 0.15) is 6.33 Å². The lowest BCUT2D eigenvalue weighted by Gasteiger charge is -2.13. The van der Waals surface area contributed by atoms with Crippen molar-refractivity contribution in [1.29, 1.82) is 0 Å². The Kier molecular flexibility index (Phi) is 3.42. The molecule has 0 saturated carbocycles. The van der Waals surface area contributed by atoms with Gasteiger partial charge in [-0.3, -0.25) is 10.2 Å². The van der Waals surface area contributed by atoms with Gasteiger partial charge < -0.3 is 0 Å². The number of carbonyl (C=O) groups is 1. The van der Waals surface area contributed by atoms with E-state index in [2.05, 4.69) is 10.4 Å².